The molecule has 0 bridgehead atoms. The Balaban J connectivity index is 1.54. The second kappa shape index (κ2) is 7.14. The summed E-state index contributed by atoms with van der Waals surface area (Å²) in [5, 5.41) is 7.99. The van der Waals surface area contributed by atoms with E-state index in [4.69, 9.17) is 0 Å². The number of thiazole rings is 1. The third-order valence-corrected chi connectivity index (χ3v) is 5.68. The third kappa shape index (κ3) is 4.11. The van der Waals surface area contributed by atoms with E-state index in [1.54, 1.807) is 0 Å². The molecule has 0 radical (unpaired) electrons. The Morgan fingerprint density at radius 3 is 3.09 bits per heavy atom. The smallest absolute Gasteiger partial charge is 0.237 e. The maximum absolute atomic E-state index is 12.3. The van der Waals surface area contributed by atoms with E-state index in [2.05, 4.69) is 15.6 Å². The number of para-hydroxylation sites is 1. The summed E-state index contributed by atoms with van der Waals surface area (Å²) < 4.78 is 0. The predicted octanol–water partition coefficient (Wildman–Crippen LogP) is 3.08. The minimum Gasteiger partial charge on any atom is -0.325 e. The highest BCUT2D eigenvalue weighted by molar-refractivity contribution is 8.01. The van der Waals surface area contributed by atoms with Gasteiger partial charge in [0.15, 0.2) is 5.13 Å². The summed E-state index contributed by atoms with van der Waals surface area (Å²) in [4.78, 5) is 28.5. The lowest BCUT2D eigenvalue weighted by atomic mass is 10.1. The first-order valence-corrected chi connectivity index (χ1v) is 9.27. The van der Waals surface area contributed by atoms with Crippen molar-refractivity contribution in [3.63, 3.8) is 0 Å². The minimum absolute atomic E-state index is 0.0298. The highest BCUT2D eigenvalue weighted by Gasteiger charge is 2.24. The summed E-state index contributed by atoms with van der Waals surface area (Å²) in [7, 11) is 0. The largest absolute Gasteiger partial charge is 0.325 e. The van der Waals surface area contributed by atoms with E-state index >= 15 is 0 Å². The molecule has 7 heteroatoms. The van der Waals surface area contributed by atoms with E-state index in [-0.39, 0.29) is 22.8 Å². The average molecular weight is 347 g/mol. The zero-order valence-electron chi connectivity index (χ0n) is 12.7. The van der Waals surface area contributed by atoms with Gasteiger partial charge in [-0.15, -0.1) is 23.1 Å². The molecule has 3 rings (SSSR count). The molecule has 1 aromatic heterocycles. The van der Waals surface area contributed by atoms with Crippen LogP contribution in [0.15, 0.2) is 29.6 Å². The monoisotopic (exact) mass is 347 g/mol. The summed E-state index contributed by atoms with van der Waals surface area (Å²) in [5.74, 6) is 0.0873. The molecule has 2 heterocycles. The number of anilines is 2. The van der Waals surface area contributed by atoms with Crippen LogP contribution >= 0.6 is 23.1 Å². The summed E-state index contributed by atoms with van der Waals surface area (Å²) in [6.45, 7) is 1.88. The van der Waals surface area contributed by atoms with Gasteiger partial charge in [-0.3, -0.25) is 9.59 Å². The average Bonchev–Trinajstić information content (AvgIpc) is 2.85. The van der Waals surface area contributed by atoms with Crippen LogP contribution in [0.25, 0.3) is 0 Å². The number of carbonyl (C=O) groups excluding carboxylic acids is 2. The topological polar surface area (TPSA) is 71.1 Å². The number of thioether (sulfide) groups is 1. The quantitative estimate of drug-likeness (QED) is 0.892. The van der Waals surface area contributed by atoms with Crippen LogP contribution in [0.5, 0.6) is 0 Å². The molecule has 2 N–H and O–H groups in total. The van der Waals surface area contributed by atoms with Crippen molar-refractivity contribution in [3.8, 4) is 0 Å². The second-order valence-electron chi connectivity index (χ2n) is 5.33. The van der Waals surface area contributed by atoms with Gasteiger partial charge in [-0.2, -0.15) is 0 Å². The van der Waals surface area contributed by atoms with Gasteiger partial charge >= 0.3 is 0 Å². The SMILES string of the molecule is Cc1csc(NC(=O)CS[C@@H]2CCc3ccccc3NC2=O)n1. The van der Waals surface area contributed by atoms with Crippen molar-refractivity contribution in [2.75, 3.05) is 16.4 Å². The molecule has 120 valence electrons. The molecular formula is C16H17N3O2S2. The van der Waals surface area contributed by atoms with Gasteiger partial charge in [0.1, 0.15) is 0 Å². The fourth-order valence-electron chi connectivity index (χ4n) is 2.39. The standard InChI is InChI=1S/C16H17N3O2S2/c1-10-8-23-16(17-10)19-14(20)9-22-13-7-6-11-4-2-3-5-12(11)18-15(13)21/h2-5,8,13H,6-7,9H2,1H3,(H,18,21)(H,17,19,20)/t13-/m1/s1. The number of fused-ring (bicyclic) bond motifs is 1. The lowest BCUT2D eigenvalue weighted by Gasteiger charge is -2.12. The van der Waals surface area contributed by atoms with Crippen molar-refractivity contribution in [3.05, 3.63) is 40.9 Å². The predicted molar refractivity (Wildman–Crippen MR) is 95.1 cm³/mol. The van der Waals surface area contributed by atoms with Gasteiger partial charge < -0.3 is 10.6 Å². The first kappa shape index (κ1) is 16.0. The van der Waals surface area contributed by atoms with Crippen LogP contribution in [0.3, 0.4) is 0 Å². The molecule has 0 saturated carbocycles. The summed E-state index contributed by atoms with van der Waals surface area (Å²) >= 11 is 2.78. The van der Waals surface area contributed by atoms with Crippen molar-refractivity contribution in [2.24, 2.45) is 0 Å². The van der Waals surface area contributed by atoms with Crippen molar-refractivity contribution in [2.45, 2.75) is 25.0 Å². The number of aromatic nitrogens is 1. The Kier molecular flexibility index (Phi) is 4.97. The van der Waals surface area contributed by atoms with Crippen molar-refractivity contribution in [1.29, 1.82) is 0 Å². The molecule has 1 atom stereocenters. The zero-order chi connectivity index (χ0) is 16.2. The molecule has 0 spiro atoms. The van der Waals surface area contributed by atoms with Gasteiger partial charge in [-0.05, 0) is 31.4 Å². The Morgan fingerprint density at radius 1 is 1.48 bits per heavy atom. The number of rotatable bonds is 4. The van der Waals surface area contributed by atoms with Gasteiger partial charge in [0.2, 0.25) is 11.8 Å². The van der Waals surface area contributed by atoms with Crippen LogP contribution in [0.1, 0.15) is 17.7 Å². The normalized spacial score (nSPS) is 17.1. The lowest BCUT2D eigenvalue weighted by Crippen LogP contribution is -2.26. The number of nitrogens with one attached hydrogen (secondary N) is 2. The number of benzene rings is 1. The molecule has 5 nitrogen and oxygen atoms in total. The molecule has 0 fully saturated rings. The highest BCUT2D eigenvalue weighted by Crippen LogP contribution is 2.27. The lowest BCUT2D eigenvalue weighted by molar-refractivity contribution is -0.115. The van der Waals surface area contributed by atoms with Gasteiger partial charge in [-0.25, -0.2) is 4.98 Å². The first-order chi connectivity index (χ1) is 11.1. The number of nitrogens with zero attached hydrogens (tertiary/aromatic N) is 1. The number of aryl methyl sites for hydroxylation is 2. The minimum atomic E-state index is -0.216. The van der Waals surface area contributed by atoms with Crippen molar-refractivity contribution >= 4 is 45.7 Å². The first-order valence-electron chi connectivity index (χ1n) is 7.34. The number of hydrogen-bond donors (Lipinski definition) is 2. The van der Waals surface area contributed by atoms with Crippen molar-refractivity contribution < 1.29 is 9.59 Å². The van der Waals surface area contributed by atoms with Crippen LogP contribution in [-0.4, -0.2) is 27.8 Å². The van der Waals surface area contributed by atoms with Gasteiger partial charge in [0.05, 0.1) is 16.7 Å². The van der Waals surface area contributed by atoms with Crippen LogP contribution < -0.4 is 10.6 Å². The number of carbonyl (C=O) groups is 2. The Bertz CT molecular complexity index is 730. The molecule has 23 heavy (non-hydrogen) atoms. The van der Waals surface area contributed by atoms with Crippen LogP contribution in [0, 0.1) is 6.92 Å². The van der Waals surface area contributed by atoms with E-state index < -0.39 is 0 Å². The number of hydrogen-bond acceptors (Lipinski definition) is 5. The molecule has 2 aromatic rings. The molecular weight excluding hydrogens is 330 g/mol. The molecule has 0 aliphatic carbocycles. The Labute approximate surface area is 142 Å². The molecule has 1 aliphatic rings. The van der Waals surface area contributed by atoms with E-state index in [0.29, 0.717) is 5.13 Å². The molecule has 1 aliphatic heterocycles. The Hall–Kier alpha value is -1.86. The molecule has 0 unspecified atom stereocenters. The van der Waals surface area contributed by atoms with Gasteiger partial charge in [0.25, 0.3) is 0 Å². The highest BCUT2D eigenvalue weighted by atomic mass is 32.2. The maximum atomic E-state index is 12.3. The Morgan fingerprint density at radius 2 is 2.30 bits per heavy atom. The van der Waals surface area contributed by atoms with E-state index in [1.165, 1.54) is 23.1 Å². The molecule has 0 saturated heterocycles. The molecule has 1 aromatic carbocycles. The maximum Gasteiger partial charge on any atom is 0.237 e. The summed E-state index contributed by atoms with van der Waals surface area (Å²) in [6, 6.07) is 7.83. The fourth-order valence-corrected chi connectivity index (χ4v) is 4.02. The summed E-state index contributed by atoms with van der Waals surface area (Å²) in [6.07, 6.45) is 1.57. The van der Waals surface area contributed by atoms with Gasteiger partial charge in [0, 0.05) is 11.1 Å². The van der Waals surface area contributed by atoms with Crippen LogP contribution in [0.4, 0.5) is 10.8 Å². The van der Waals surface area contributed by atoms with Crippen LogP contribution in [0.2, 0.25) is 0 Å². The summed E-state index contributed by atoms with van der Waals surface area (Å²) in [5.41, 5.74) is 2.91. The zero-order valence-corrected chi connectivity index (χ0v) is 14.3. The fraction of sp³-hybridized carbons (Fsp3) is 0.312. The van der Waals surface area contributed by atoms with E-state index in [0.717, 1.165) is 29.8 Å². The van der Waals surface area contributed by atoms with Gasteiger partial charge in [-0.1, -0.05) is 18.2 Å². The van der Waals surface area contributed by atoms with Crippen LogP contribution in [-0.2, 0) is 16.0 Å². The second-order valence-corrected chi connectivity index (χ2v) is 7.38. The number of amides is 2. The van der Waals surface area contributed by atoms with E-state index in [1.807, 2.05) is 36.6 Å². The van der Waals surface area contributed by atoms with E-state index in [9.17, 15) is 9.59 Å². The van der Waals surface area contributed by atoms with Crippen molar-refractivity contribution in [1.82, 2.24) is 4.98 Å². The third-order valence-electron chi connectivity index (χ3n) is 3.52. The molecule has 2 amide bonds.